The molecular formula is C21H22N2O4. The van der Waals surface area contributed by atoms with Gasteiger partial charge in [-0.2, -0.15) is 5.10 Å². The van der Waals surface area contributed by atoms with Crippen molar-refractivity contribution in [3.05, 3.63) is 65.7 Å². The average molecular weight is 366 g/mol. The van der Waals surface area contributed by atoms with Crippen molar-refractivity contribution in [3.8, 4) is 5.75 Å². The normalized spacial score (nSPS) is 16.0. The molecule has 0 aromatic heterocycles. The van der Waals surface area contributed by atoms with Crippen LogP contribution in [0.25, 0.3) is 0 Å². The predicted molar refractivity (Wildman–Crippen MR) is 101 cm³/mol. The van der Waals surface area contributed by atoms with Gasteiger partial charge in [0.2, 0.25) is 0 Å². The van der Waals surface area contributed by atoms with Crippen molar-refractivity contribution in [1.82, 2.24) is 5.01 Å². The largest absolute Gasteiger partial charge is 0.497 e. The molecule has 1 amide bonds. The maximum atomic E-state index is 12.7. The first kappa shape index (κ1) is 18.6. The second-order valence-corrected chi connectivity index (χ2v) is 6.16. The third kappa shape index (κ3) is 4.34. The first-order valence-electron chi connectivity index (χ1n) is 8.87. The maximum Gasteiger partial charge on any atom is 0.306 e. The summed E-state index contributed by atoms with van der Waals surface area (Å²) < 4.78 is 10.2. The van der Waals surface area contributed by atoms with Crippen molar-refractivity contribution in [2.75, 3.05) is 13.7 Å². The molecule has 0 radical (unpaired) electrons. The smallest absolute Gasteiger partial charge is 0.306 e. The van der Waals surface area contributed by atoms with E-state index in [-0.39, 0.29) is 25.0 Å². The van der Waals surface area contributed by atoms with Crippen LogP contribution < -0.4 is 4.74 Å². The fourth-order valence-corrected chi connectivity index (χ4v) is 2.94. The molecule has 2 aromatic rings. The number of amides is 1. The van der Waals surface area contributed by atoms with Gasteiger partial charge in [0, 0.05) is 12.8 Å². The summed E-state index contributed by atoms with van der Waals surface area (Å²) in [6, 6.07) is 17.1. The van der Waals surface area contributed by atoms with E-state index in [1.165, 1.54) is 5.01 Å². The Labute approximate surface area is 158 Å². The number of esters is 1. The molecule has 1 aliphatic rings. The Kier molecular flexibility index (Phi) is 5.86. The highest BCUT2D eigenvalue weighted by atomic mass is 16.5. The minimum atomic E-state index is -0.407. The SMILES string of the molecule is CCC(=O)OCC(=O)N1N=C(c2ccccc2)C[C@@H]1c1ccc(OC)cc1. The van der Waals surface area contributed by atoms with E-state index in [2.05, 4.69) is 5.10 Å². The lowest BCUT2D eigenvalue weighted by atomic mass is 9.98. The van der Waals surface area contributed by atoms with E-state index < -0.39 is 5.97 Å². The van der Waals surface area contributed by atoms with Crippen molar-refractivity contribution in [1.29, 1.82) is 0 Å². The van der Waals surface area contributed by atoms with Crippen LogP contribution >= 0.6 is 0 Å². The average Bonchev–Trinajstić information content (AvgIpc) is 3.18. The van der Waals surface area contributed by atoms with Gasteiger partial charge in [-0.3, -0.25) is 9.59 Å². The van der Waals surface area contributed by atoms with Gasteiger partial charge in [0.05, 0.1) is 18.9 Å². The highest BCUT2D eigenvalue weighted by Crippen LogP contribution is 2.33. The van der Waals surface area contributed by atoms with Crippen molar-refractivity contribution < 1.29 is 19.1 Å². The lowest BCUT2D eigenvalue weighted by Crippen LogP contribution is -2.31. The molecule has 0 saturated heterocycles. The number of hydrazone groups is 1. The van der Waals surface area contributed by atoms with Crippen molar-refractivity contribution >= 4 is 17.6 Å². The summed E-state index contributed by atoms with van der Waals surface area (Å²) in [4.78, 5) is 24.1. The number of carbonyl (C=O) groups excluding carboxylic acids is 2. The molecule has 140 valence electrons. The molecule has 0 spiro atoms. The number of methoxy groups -OCH3 is 1. The third-order valence-corrected chi connectivity index (χ3v) is 4.42. The molecule has 1 atom stereocenters. The molecule has 6 heteroatoms. The monoisotopic (exact) mass is 366 g/mol. The zero-order valence-electron chi connectivity index (χ0n) is 15.4. The fraction of sp³-hybridized carbons (Fsp3) is 0.286. The van der Waals surface area contributed by atoms with Crippen LogP contribution in [0.1, 0.15) is 36.9 Å². The fourth-order valence-electron chi connectivity index (χ4n) is 2.94. The first-order valence-corrected chi connectivity index (χ1v) is 8.87. The van der Waals surface area contributed by atoms with E-state index in [1.807, 2.05) is 54.6 Å². The minimum Gasteiger partial charge on any atom is -0.497 e. The summed E-state index contributed by atoms with van der Waals surface area (Å²) in [6.07, 6.45) is 0.817. The molecule has 0 unspecified atom stereocenters. The summed E-state index contributed by atoms with van der Waals surface area (Å²) in [5, 5.41) is 5.96. The molecule has 6 nitrogen and oxygen atoms in total. The lowest BCUT2D eigenvalue weighted by molar-refractivity contribution is -0.152. The number of nitrogens with zero attached hydrogens (tertiary/aromatic N) is 2. The van der Waals surface area contributed by atoms with Gasteiger partial charge in [0.1, 0.15) is 5.75 Å². The Morgan fingerprint density at radius 1 is 1.11 bits per heavy atom. The van der Waals surface area contributed by atoms with Gasteiger partial charge in [0.25, 0.3) is 5.91 Å². The molecule has 0 N–H and O–H groups in total. The Morgan fingerprint density at radius 2 is 1.81 bits per heavy atom. The lowest BCUT2D eigenvalue weighted by Gasteiger charge is -2.22. The number of hydrogen-bond acceptors (Lipinski definition) is 5. The zero-order chi connectivity index (χ0) is 19.2. The van der Waals surface area contributed by atoms with Gasteiger partial charge in [-0.1, -0.05) is 49.4 Å². The summed E-state index contributed by atoms with van der Waals surface area (Å²) in [6.45, 7) is 1.37. The first-order chi connectivity index (χ1) is 13.1. The molecule has 0 aliphatic carbocycles. The van der Waals surface area contributed by atoms with Crippen molar-refractivity contribution in [3.63, 3.8) is 0 Å². The molecule has 1 aliphatic heterocycles. The van der Waals surface area contributed by atoms with Crippen LogP contribution in [0.4, 0.5) is 0 Å². The van der Waals surface area contributed by atoms with Crippen LogP contribution in [-0.4, -0.2) is 36.3 Å². The standard InChI is InChI=1S/C21H22N2O4/c1-3-21(25)27-14-20(24)23-19(16-9-11-17(26-2)12-10-16)13-18(22-23)15-7-5-4-6-8-15/h4-12,19H,3,13-14H2,1-2H3/t19-/m1/s1. The molecule has 27 heavy (non-hydrogen) atoms. The van der Waals surface area contributed by atoms with E-state index in [0.717, 1.165) is 22.6 Å². The van der Waals surface area contributed by atoms with Crippen LogP contribution in [0.3, 0.4) is 0 Å². The Hall–Kier alpha value is -3.15. The third-order valence-electron chi connectivity index (χ3n) is 4.42. The Morgan fingerprint density at radius 3 is 2.44 bits per heavy atom. The summed E-state index contributed by atoms with van der Waals surface area (Å²) in [5.41, 5.74) is 2.74. The van der Waals surface area contributed by atoms with E-state index in [4.69, 9.17) is 9.47 Å². The van der Waals surface area contributed by atoms with E-state index >= 15 is 0 Å². The Bertz CT molecular complexity index is 831. The highest BCUT2D eigenvalue weighted by Gasteiger charge is 2.33. The molecular weight excluding hydrogens is 344 g/mol. The van der Waals surface area contributed by atoms with E-state index in [1.54, 1.807) is 14.0 Å². The summed E-state index contributed by atoms with van der Waals surface area (Å²) in [5.74, 6) is -0.00458. The van der Waals surface area contributed by atoms with Gasteiger partial charge < -0.3 is 9.47 Å². The number of carbonyl (C=O) groups is 2. The molecule has 0 saturated carbocycles. The second kappa shape index (κ2) is 8.49. The number of benzene rings is 2. The van der Waals surface area contributed by atoms with Gasteiger partial charge in [0.15, 0.2) is 6.61 Å². The molecule has 2 aromatic carbocycles. The zero-order valence-corrected chi connectivity index (χ0v) is 15.4. The van der Waals surface area contributed by atoms with Crippen molar-refractivity contribution in [2.45, 2.75) is 25.8 Å². The predicted octanol–water partition coefficient (Wildman–Crippen LogP) is 3.33. The van der Waals surface area contributed by atoms with Gasteiger partial charge >= 0.3 is 5.97 Å². The van der Waals surface area contributed by atoms with E-state index in [0.29, 0.717) is 6.42 Å². The number of ether oxygens (including phenoxy) is 2. The Balaban J connectivity index is 1.85. The molecule has 0 fully saturated rings. The topological polar surface area (TPSA) is 68.2 Å². The molecule has 3 rings (SSSR count). The van der Waals surface area contributed by atoms with Crippen LogP contribution in [0.2, 0.25) is 0 Å². The minimum absolute atomic E-state index is 0.230. The van der Waals surface area contributed by atoms with Gasteiger partial charge in [-0.15, -0.1) is 0 Å². The van der Waals surface area contributed by atoms with Crippen LogP contribution in [0.5, 0.6) is 5.75 Å². The number of rotatable bonds is 6. The summed E-state index contributed by atoms with van der Waals surface area (Å²) in [7, 11) is 1.61. The van der Waals surface area contributed by atoms with Gasteiger partial charge in [-0.05, 0) is 23.3 Å². The maximum absolute atomic E-state index is 12.7. The summed E-state index contributed by atoms with van der Waals surface area (Å²) >= 11 is 0. The number of hydrogen-bond donors (Lipinski definition) is 0. The van der Waals surface area contributed by atoms with Crippen LogP contribution in [0, 0.1) is 0 Å². The molecule has 0 bridgehead atoms. The second-order valence-electron chi connectivity index (χ2n) is 6.16. The van der Waals surface area contributed by atoms with E-state index in [9.17, 15) is 9.59 Å². The van der Waals surface area contributed by atoms with Crippen LogP contribution in [-0.2, 0) is 14.3 Å². The van der Waals surface area contributed by atoms with Gasteiger partial charge in [-0.25, -0.2) is 5.01 Å². The van der Waals surface area contributed by atoms with Crippen LogP contribution in [0.15, 0.2) is 59.7 Å². The quantitative estimate of drug-likeness (QED) is 0.736. The molecule has 1 heterocycles. The highest BCUT2D eigenvalue weighted by molar-refractivity contribution is 6.03. The van der Waals surface area contributed by atoms with Crippen molar-refractivity contribution in [2.24, 2.45) is 5.10 Å².